The molecule has 0 radical (unpaired) electrons. The summed E-state index contributed by atoms with van der Waals surface area (Å²) in [5.74, 6) is -0.0168. The van der Waals surface area contributed by atoms with Gasteiger partial charge in [-0.3, -0.25) is 0 Å². The lowest BCUT2D eigenvalue weighted by atomic mass is 9.97. The lowest BCUT2D eigenvalue weighted by Gasteiger charge is -2.22. The third-order valence-corrected chi connectivity index (χ3v) is 5.02. The Morgan fingerprint density at radius 3 is 2.46 bits per heavy atom. The summed E-state index contributed by atoms with van der Waals surface area (Å²) in [6, 6.07) is 11.4. The molecule has 152 valence electrons. The van der Waals surface area contributed by atoms with Gasteiger partial charge in [-0.25, -0.2) is 4.79 Å². The standard InChI is InChI=1S/C24H33NO3/c1-6-7-8-9-10-18(3)28-23-14-12-19(16-22(23)25(4)5)21-13-11-20(24(26)27)15-17(21)2/h11-16,18H,6-10H2,1-5H3,(H,26,27). The average Bonchev–Trinajstić information content (AvgIpc) is 2.65. The Balaban J connectivity index is 2.22. The fourth-order valence-corrected chi connectivity index (χ4v) is 3.39. The van der Waals surface area contributed by atoms with Crippen molar-refractivity contribution in [1.29, 1.82) is 0 Å². The van der Waals surface area contributed by atoms with Crippen LogP contribution in [0, 0.1) is 6.92 Å². The third-order valence-electron chi connectivity index (χ3n) is 5.02. The molecule has 4 heteroatoms. The van der Waals surface area contributed by atoms with Crippen LogP contribution in [-0.4, -0.2) is 31.3 Å². The first kappa shape index (κ1) is 21.8. The van der Waals surface area contributed by atoms with Crippen molar-refractivity contribution in [1.82, 2.24) is 0 Å². The summed E-state index contributed by atoms with van der Waals surface area (Å²) in [6.07, 6.45) is 6.22. The van der Waals surface area contributed by atoms with Crippen LogP contribution in [0.15, 0.2) is 36.4 Å². The monoisotopic (exact) mass is 383 g/mol. The molecule has 0 saturated heterocycles. The maximum atomic E-state index is 11.2. The molecule has 4 nitrogen and oxygen atoms in total. The molecule has 0 amide bonds. The summed E-state index contributed by atoms with van der Waals surface area (Å²) in [7, 11) is 4.02. The number of benzene rings is 2. The first-order valence-electron chi connectivity index (χ1n) is 10.2. The first-order valence-corrected chi connectivity index (χ1v) is 10.2. The number of hydrogen-bond donors (Lipinski definition) is 1. The number of aromatic carboxylic acids is 1. The normalized spacial score (nSPS) is 11.9. The van der Waals surface area contributed by atoms with Crippen molar-refractivity contribution in [3.05, 3.63) is 47.5 Å². The number of ether oxygens (including phenoxy) is 1. The van der Waals surface area contributed by atoms with Gasteiger partial charge in [-0.15, -0.1) is 0 Å². The highest BCUT2D eigenvalue weighted by Crippen LogP contribution is 2.35. The van der Waals surface area contributed by atoms with Gasteiger partial charge in [0.25, 0.3) is 0 Å². The van der Waals surface area contributed by atoms with Gasteiger partial charge < -0.3 is 14.7 Å². The van der Waals surface area contributed by atoms with Crippen molar-refractivity contribution in [2.75, 3.05) is 19.0 Å². The summed E-state index contributed by atoms with van der Waals surface area (Å²) >= 11 is 0. The summed E-state index contributed by atoms with van der Waals surface area (Å²) in [5, 5.41) is 9.18. The smallest absolute Gasteiger partial charge is 0.335 e. The van der Waals surface area contributed by atoms with Crippen molar-refractivity contribution >= 4 is 11.7 Å². The van der Waals surface area contributed by atoms with Crippen LogP contribution in [0.2, 0.25) is 0 Å². The zero-order valence-corrected chi connectivity index (χ0v) is 17.8. The molecule has 0 fully saturated rings. The van der Waals surface area contributed by atoms with Crippen LogP contribution < -0.4 is 9.64 Å². The second-order valence-corrected chi connectivity index (χ2v) is 7.69. The molecule has 0 aliphatic carbocycles. The van der Waals surface area contributed by atoms with Gasteiger partial charge in [-0.1, -0.05) is 38.3 Å². The Hall–Kier alpha value is -2.49. The van der Waals surface area contributed by atoms with Crippen LogP contribution in [0.4, 0.5) is 5.69 Å². The van der Waals surface area contributed by atoms with Crippen molar-refractivity contribution in [3.63, 3.8) is 0 Å². The Labute approximate surface area is 169 Å². The van der Waals surface area contributed by atoms with E-state index in [4.69, 9.17) is 4.74 Å². The summed E-state index contributed by atoms with van der Waals surface area (Å²) in [6.45, 7) is 6.30. The fourth-order valence-electron chi connectivity index (χ4n) is 3.39. The predicted octanol–water partition coefficient (Wildman–Crippen LogP) is 6.16. The highest BCUT2D eigenvalue weighted by Gasteiger charge is 2.14. The molecule has 1 N–H and O–H groups in total. The number of hydrogen-bond acceptors (Lipinski definition) is 3. The summed E-state index contributed by atoms with van der Waals surface area (Å²) in [5.41, 5.74) is 4.38. The van der Waals surface area contributed by atoms with Crippen LogP contribution in [-0.2, 0) is 0 Å². The Morgan fingerprint density at radius 2 is 1.86 bits per heavy atom. The van der Waals surface area contributed by atoms with Gasteiger partial charge in [0.15, 0.2) is 0 Å². The lowest BCUT2D eigenvalue weighted by Crippen LogP contribution is -2.16. The van der Waals surface area contributed by atoms with E-state index in [1.807, 2.05) is 33.2 Å². The number of rotatable bonds is 10. The predicted molar refractivity (Wildman–Crippen MR) is 117 cm³/mol. The van der Waals surface area contributed by atoms with E-state index in [0.717, 1.165) is 34.5 Å². The number of unbranched alkanes of at least 4 members (excludes halogenated alkanes) is 3. The molecule has 1 unspecified atom stereocenters. The fraction of sp³-hybridized carbons (Fsp3) is 0.458. The van der Waals surface area contributed by atoms with E-state index in [1.165, 1.54) is 25.7 Å². The third kappa shape index (κ3) is 5.75. The Bertz CT molecular complexity index is 798. The van der Waals surface area contributed by atoms with Gasteiger partial charge in [-0.05, 0) is 67.6 Å². The summed E-state index contributed by atoms with van der Waals surface area (Å²) < 4.78 is 6.24. The molecule has 1 atom stereocenters. The molecule has 2 aromatic rings. The Morgan fingerprint density at radius 1 is 1.11 bits per heavy atom. The number of carboxylic acid groups (broad SMARTS) is 1. The highest BCUT2D eigenvalue weighted by molar-refractivity contribution is 5.89. The van der Waals surface area contributed by atoms with E-state index >= 15 is 0 Å². The van der Waals surface area contributed by atoms with Crippen LogP contribution in [0.1, 0.15) is 61.9 Å². The first-order chi connectivity index (χ1) is 13.3. The topological polar surface area (TPSA) is 49.8 Å². The van der Waals surface area contributed by atoms with Crippen LogP contribution in [0.5, 0.6) is 5.75 Å². The number of carbonyl (C=O) groups is 1. The molecule has 0 aromatic heterocycles. The van der Waals surface area contributed by atoms with Gasteiger partial charge in [0, 0.05) is 14.1 Å². The number of anilines is 1. The van der Waals surface area contributed by atoms with Crippen molar-refractivity contribution < 1.29 is 14.6 Å². The largest absolute Gasteiger partial charge is 0.489 e. The maximum absolute atomic E-state index is 11.2. The van der Waals surface area contributed by atoms with Crippen molar-refractivity contribution in [3.8, 4) is 16.9 Å². The van der Waals surface area contributed by atoms with E-state index in [1.54, 1.807) is 12.1 Å². The van der Waals surface area contributed by atoms with Gasteiger partial charge in [0.1, 0.15) is 5.75 Å². The Kier molecular flexibility index (Phi) is 7.91. The van der Waals surface area contributed by atoms with Gasteiger partial charge in [0.2, 0.25) is 0 Å². The van der Waals surface area contributed by atoms with Gasteiger partial charge in [0.05, 0.1) is 17.4 Å². The quantitative estimate of drug-likeness (QED) is 0.499. The van der Waals surface area contributed by atoms with Gasteiger partial charge >= 0.3 is 5.97 Å². The molecule has 0 aliphatic rings. The minimum atomic E-state index is -0.902. The second-order valence-electron chi connectivity index (χ2n) is 7.69. The SMILES string of the molecule is CCCCCCC(C)Oc1ccc(-c2ccc(C(=O)O)cc2C)cc1N(C)C. The minimum Gasteiger partial charge on any atom is -0.489 e. The van der Waals surface area contributed by atoms with Gasteiger partial charge in [-0.2, -0.15) is 0 Å². The molecular formula is C24H33NO3. The minimum absolute atomic E-state index is 0.179. The molecule has 0 heterocycles. The van der Waals surface area contributed by atoms with E-state index in [2.05, 4.69) is 30.9 Å². The number of carboxylic acids is 1. The summed E-state index contributed by atoms with van der Waals surface area (Å²) in [4.78, 5) is 13.2. The zero-order chi connectivity index (χ0) is 20.7. The van der Waals surface area contributed by atoms with Crippen LogP contribution >= 0.6 is 0 Å². The molecule has 0 bridgehead atoms. The molecule has 28 heavy (non-hydrogen) atoms. The van der Waals surface area contributed by atoms with E-state index in [0.29, 0.717) is 5.56 Å². The van der Waals surface area contributed by atoms with E-state index < -0.39 is 5.97 Å². The van der Waals surface area contributed by atoms with Crippen LogP contribution in [0.3, 0.4) is 0 Å². The molecule has 2 aromatic carbocycles. The second kappa shape index (κ2) is 10.2. The maximum Gasteiger partial charge on any atom is 0.335 e. The molecule has 2 rings (SSSR count). The zero-order valence-electron chi connectivity index (χ0n) is 17.8. The highest BCUT2D eigenvalue weighted by atomic mass is 16.5. The van der Waals surface area contributed by atoms with E-state index in [9.17, 15) is 9.90 Å². The van der Waals surface area contributed by atoms with Crippen molar-refractivity contribution in [2.45, 2.75) is 59.0 Å². The molecule has 0 saturated carbocycles. The van der Waals surface area contributed by atoms with Crippen molar-refractivity contribution in [2.24, 2.45) is 0 Å². The van der Waals surface area contributed by atoms with Crippen LogP contribution in [0.25, 0.3) is 11.1 Å². The number of nitrogens with zero attached hydrogens (tertiary/aromatic N) is 1. The lowest BCUT2D eigenvalue weighted by molar-refractivity contribution is 0.0697. The average molecular weight is 384 g/mol. The molecule has 0 aliphatic heterocycles. The number of aryl methyl sites for hydroxylation is 1. The molecular weight excluding hydrogens is 350 g/mol. The molecule has 0 spiro atoms. The van der Waals surface area contributed by atoms with E-state index in [-0.39, 0.29) is 6.10 Å².